The SMILES string of the molecule is CC1(C)OB(C(=Cc2cccc(N3CCNCC3)c2)CNC(=O)OCc2ccccc2)OC1(C)C. The largest absolute Gasteiger partial charge is 0.492 e. The summed E-state index contributed by atoms with van der Waals surface area (Å²) in [5.41, 5.74) is 3.03. The van der Waals surface area contributed by atoms with Gasteiger partial charge in [0.1, 0.15) is 6.61 Å². The number of carbonyl (C=O) groups excluding carboxylic acids is 1. The van der Waals surface area contributed by atoms with E-state index in [1.807, 2.05) is 64.1 Å². The number of nitrogens with zero attached hydrogens (tertiary/aromatic N) is 1. The number of anilines is 1. The highest BCUT2D eigenvalue weighted by Crippen LogP contribution is 2.38. The van der Waals surface area contributed by atoms with Crippen molar-refractivity contribution < 1.29 is 18.8 Å². The minimum atomic E-state index is -0.572. The van der Waals surface area contributed by atoms with E-state index in [2.05, 4.69) is 39.8 Å². The van der Waals surface area contributed by atoms with Gasteiger partial charge in [0.25, 0.3) is 0 Å². The van der Waals surface area contributed by atoms with Crippen LogP contribution in [0.4, 0.5) is 10.5 Å². The highest BCUT2D eigenvalue weighted by molar-refractivity contribution is 6.56. The van der Waals surface area contributed by atoms with Gasteiger partial charge in [-0.3, -0.25) is 0 Å². The third-order valence-electron chi connectivity index (χ3n) is 6.91. The van der Waals surface area contributed by atoms with E-state index in [1.54, 1.807) is 0 Å². The van der Waals surface area contributed by atoms with Gasteiger partial charge >= 0.3 is 13.2 Å². The van der Waals surface area contributed by atoms with Crippen LogP contribution in [0.5, 0.6) is 0 Å². The van der Waals surface area contributed by atoms with Gasteiger partial charge in [0.2, 0.25) is 0 Å². The molecule has 0 unspecified atom stereocenters. The lowest BCUT2D eigenvalue weighted by atomic mass is 9.77. The molecule has 0 aliphatic carbocycles. The number of carbonyl (C=O) groups is 1. The van der Waals surface area contributed by atoms with E-state index in [4.69, 9.17) is 14.0 Å². The van der Waals surface area contributed by atoms with Crippen molar-refractivity contribution in [3.63, 3.8) is 0 Å². The van der Waals surface area contributed by atoms with Crippen LogP contribution >= 0.6 is 0 Å². The average molecular weight is 477 g/mol. The van der Waals surface area contributed by atoms with Gasteiger partial charge in [-0.05, 0) is 56.4 Å². The summed E-state index contributed by atoms with van der Waals surface area (Å²) < 4.78 is 18.0. The van der Waals surface area contributed by atoms with Crippen molar-refractivity contribution >= 4 is 25.0 Å². The summed E-state index contributed by atoms with van der Waals surface area (Å²) >= 11 is 0. The van der Waals surface area contributed by atoms with Crippen LogP contribution in [0, 0.1) is 0 Å². The zero-order valence-corrected chi connectivity index (χ0v) is 21.2. The zero-order valence-electron chi connectivity index (χ0n) is 21.2. The predicted octanol–water partition coefficient (Wildman–Crippen LogP) is 4.04. The highest BCUT2D eigenvalue weighted by atomic mass is 16.7. The molecule has 4 rings (SSSR count). The molecule has 2 aromatic rings. The standard InChI is InChI=1S/C27H36BN3O4/c1-26(2)27(3,4)35-28(34-26)23(19-30-25(32)33-20-21-9-6-5-7-10-21)17-22-11-8-12-24(18-22)31-15-13-29-14-16-31/h5-12,17-18,29H,13-16,19-20H2,1-4H3,(H,30,32). The molecule has 2 aromatic carbocycles. The highest BCUT2D eigenvalue weighted by Gasteiger charge is 2.52. The molecule has 1 amide bonds. The van der Waals surface area contributed by atoms with Gasteiger partial charge in [-0.1, -0.05) is 48.5 Å². The number of amides is 1. The fraction of sp³-hybridized carbons (Fsp3) is 0.444. The second kappa shape index (κ2) is 10.9. The molecule has 0 spiro atoms. The molecule has 2 fully saturated rings. The Labute approximate surface area is 209 Å². The van der Waals surface area contributed by atoms with E-state index in [0.717, 1.165) is 42.8 Å². The molecule has 7 nitrogen and oxygen atoms in total. The van der Waals surface area contributed by atoms with E-state index in [9.17, 15) is 4.79 Å². The van der Waals surface area contributed by atoms with Crippen LogP contribution in [0.15, 0.2) is 60.1 Å². The lowest BCUT2D eigenvalue weighted by molar-refractivity contribution is 0.00578. The maximum Gasteiger partial charge on any atom is 0.492 e. The third kappa shape index (κ3) is 6.45. The third-order valence-corrected chi connectivity index (χ3v) is 6.91. The number of ether oxygens (including phenoxy) is 1. The van der Waals surface area contributed by atoms with Crippen molar-refractivity contribution in [1.82, 2.24) is 10.6 Å². The second-order valence-electron chi connectivity index (χ2n) is 10.1. The van der Waals surface area contributed by atoms with Crippen molar-refractivity contribution in [3.8, 4) is 0 Å². The molecule has 2 N–H and O–H groups in total. The molecular weight excluding hydrogens is 441 g/mol. The van der Waals surface area contributed by atoms with Crippen LogP contribution in [0.2, 0.25) is 0 Å². The van der Waals surface area contributed by atoms with Gasteiger partial charge in [-0.25, -0.2) is 4.79 Å². The van der Waals surface area contributed by atoms with Gasteiger partial charge in [-0.2, -0.15) is 0 Å². The predicted molar refractivity (Wildman–Crippen MR) is 140 cm³/mol. The number of benzene rings is 2. The molecule has 0 bridgehead atoms. The zero-order chi connectivity index (χ0) is 24.9. The maximum atomic E-state index is 12.4. The Bertz CT molecular complexity index is 1020. The Hall–Kier alpha value is -2.81. The van der Waals surface area contributed by atoms with Crippen LogP contribution < -0.4 is 15.5 Å². The molecule has 35 heavy (non-hydrogen) atoms. The average Bonchev–Trinajstić information content (AvgIpc) is 3.08. The first kappa shape index (κ1) is 25.3. The minimum Gasteiger partial charge on any atom is -0.445 e. The minimum absolute atomic E-state index is 0.217. The van der Waals surface area contributed by atoms with Crippen LogP contribution in [0.3, 0.4) is 0 Å². The Balaban J connectivity index is 1.49. The van der Waals surface area contributed by atoms with Crippen molar-refractivity contribution in [2.75, 3.05) is 37.6 Å². The van der Waals surface area contributed by atoms with Crippen LogP contribution in [0.25, 0.3) is 6.08 Å². The first-order chi connectivity index (χ1) is 16.7. The lowest BCUT2D eigenvalue weighted by Gasteiger charge is -2.32. The summed E-state index contributed by atoms with van der Waals surface area (Å²) in [7, 11) is -0.572. The van der Waals surface area contributed by atoms with E-state index in [0.29, 0.717) is 0 Å². The van der Waals surface area contributed by atoms with E-state index >= 15 is 0 Å². The van der Waals surface area contributed by atoms with Gasteiger partial charge in [0, 0.05) is 38.4 Å². The van der Waals surface area contributed by atoms with Crippen molar-refractivity contribution in [2.45, 2.75) is 45.5 Å². The van der Waals surface area contributed by atoms with Crippen LogP contribution in [-0.2, 0) is 20.7 Å². The van der Waals surface area contributed by atoms with E-state index < -0.39 is 24.4 Å². The first-order valence-electron chi connectivity index (χ1n) is 12.3. The molecule has 0 aromatic heterocycles. The molecule has 2 heterocycles. The maximum absolute atomic E-state index is 12.4. The first-order valence-corrected chi connectivity index (χ1v) is 12.3. The van der Waals surface area contributed by atoms with Crippen molar-refractivity contribution in [2.24, 2.45) is 0 Å². The van der Waals surface area contributed by atoms with Crippen molar-refractivity contribution in [1.29, 1.82) is 0 Å². The topological polar surface area (TPSA) is 72.1 Å². The summed E-state index contributed by atoms with van der Waals surface area (Å²) in [5, 5.41) is 6.27. The van der Waals surface area contributed by atoms with Gasteiger partial charge in [0.05, 0.1) is 11.2 Å². The van der Waals surface area contributed by atoms with Gasteiger partial charge < -0.3 is 29.6 Å². The Morgan fingerprint density at radius 2 is 1.74 bits per heavy atom. The van der Waals surface area contributed by atoms with E-state index in [-0.39, 0.29) is 13.2 Å². The van der Waals surface area contributed by atoms with Crippen LogP contribution in [0.1, 0.15) is 38.8 Å². The number of piperazine rings is 1. The number of hydrogen-bond donors (Lipinski definition) is 2. The van der Waals surface area contributed by atoms with Crippen LogP contribution in [-0.4, -0.2) is 57.1 Å². The fourth-order valence-corrected chi connectivity index (χ4v) is 4.09. The normalized spacial score (nSPS) is 19.5. The fourth-order valence-electron chi connectivity index (χ4n) is 4.09. The second-order valence-corrected chi connectivity index (χ2v) is 10.1. The van der Waals surface area contributed by atoms with E-state index in [1.165, 1.54) is 5.69 Å². The molecule has 2 aliphatic heterocycles. The van der Waals surface area contributed by atoms with Crippen molar-refractivity contribution in [3.05, 3.63) is 71.2 Å². The molecule has 0 atom stereocenters. The molecule has 2 saturated heterocycles. The number of hydrogen-bond acceptors (Lipinski definition) is 6. The van der Waals surface area contributed by atoms with Gasteiger partial charge in [-0.15, -0.1) is 0 Å². The Morgan fingerprint density at radius 3 is 2.43 bits per heavy atom. The summed E-state index contributed by atoms with van der Waals surface area (Å²) in [6.45, 7) is 12.5. The molecule has 0 saturated carbocycles. The monoisotopic (exact) mass is 477 g/mol. The number of rotatable bonds is 7. The summed E-state index contributed by atoms with van der Waals surface area (Å²) in [6.07, 6.45) is 1.57. The molecule has 2 aliphatic rings. The number of nitrogens with one attached hydrogen (secondary N) is 2. The quantitative estimate of drug-likeness (QED) is 0.587. The molecule has 0 radical (unpaired) electrons. The smallest absolute Gasteiger partial charge is 0.445 e. The molecular formula is C27H36BN3O4. The summed E-state index contributed by atoms with van der Waals surface area (Å²) in [4.78, 5) is 14.8. The Kier molecular flexibility index (Phi) is 7.84. The summed E-state index contributed by atoms with van der Waals surface area (Å²) in [6, 6.07) is 18.1. The Morgan fingerprint density at radius 1 is 1.06 bits per heavy atom. The lowest BCUT2D eigenvalue weighted by Crippen LogP contribution is -2.43. The number of alkyl carbamates (subject to hydrolysis) is 1. The summed E-state index contributed by atoms with van der Waals surface area (Å²) in [5.74, 6) is 0. The molecule has 8 heteroatoms. The molecule has 186 valence electrons. The van der Waals surface area contributed by atoms with Gasteiger partial charge in [0.15, 0.2) is 0 Å².